The highest BCUT2D eigenvalue weighted by atomic mass is 16.2. The van der Waals surface area contributed by atoms with E-state index in [2.05, 4.69) is 5.32 Å². The minimum atomic E-state index is -0.231. The molecular weight excluding hydrogens is 230 g/mol. The van der Waals surface area contributed by atoms with Crippen molar-refractivity contribution in [3.05, 3.63) is 0 Å². The van der Waals surface area contributed by atoms with Gasteiger partial charge >= 0.3 is 0 Å². The fourth-order valence-electron chi connectivity index (χ4n) is 2.32. The molecule has 18 heavy (non-hydrogen) atoms. The van der Waals surface area contributed by atoms with E-state index in [1.165, 1.54) is 0 Å². The topological polar surface area (TPSA) is 52.7 Å². The van der Waals surface area contributed by atoms with Gasteiger partial charge in [0, 0.05) is 33.1 Å². The molecule has 1 atom stereocenters. The van der Waals surface area contributed by atoms with Gasteiger partial charge in [-0.15, -0.1) is 0 Å². The molecule has 1 rings (SSSR count). The second kappa shape index (κ2) is 7.36. The van der Waals surface area contributed by atoms with Crippen molar-refractivity contribution in [1.29, 1.82) is 0 Å². The quantitative estimate of drug-likeness (QED) is 0.750. The first kappa shape index (κ1) is 15.0. The van der Waals surface area contributed by atoms with Crippen molar-refractivity contribution in [2.45, 2.75) is 38.6 Å². The van der Waals surface area contributed by atoms with Gasteiger partial charge in [0.25, 0.3) is 0 Å². The van der Waals surface area contributed by atoms with Crippen LogP contribution < -0.4 is 5.32 Å². The SMILES string of the molecule is CCCC(=O)N1CCCC1C(=O)N(C)CCNC. The maximum absolute atomic E-state index is 12.3. The lowest BCUT2D eigenvalue weighted by molar-refractivity contribution is -0.143. The molecule has 1 unspecified atom stereocenters. The van der Waals surface area contributed by atoms with Gasteiger partial charge in [0.05, 0.1) is 0 Å². The van der Waals surface area contributed by atoms with E-state index >= 15 is 0 Å². The average molecular weight is 255 g/mol. The fourth-order valence-corrected chi connectivity index (χ4v) is 2.32. The Morgan fingerprint density at radius 1 is 1.44 bits per heavy atom. The second-order valence-corrected chi connectivity index (χ2v) is 4.86. The van der Waals surface area contributed by atoms with Crippen LogP contribution in [0.2, 0.25) is 0 Å². The van der Waals surface area contributed by atoms with E-state index in [1.807, 2.05) is 14.0 Å². The van der Waals surface area contributed by atoms with Gasteiger partial charge in [-0.25, -0.2) is 0 Å². The zero-order valence-electron chi connectivity index (χ0n) is 11.7. The van der Waals surface area contributed by atoms with Crippen LogP contribution in [0.4, 0.5) is 0 Å². The molecule has 0 saturated carbocycles. The molecule has 0 aromatic heterocycles. The van der Waals surface area contributed by atoms with Crippen LogP contribution in [0.25, 0.3) is 0 Å². The Hall–Kier alpha value is -1.10. The van der Waals surface area contributed by atoms with Crippen molar-refractivity contribution >= 4 is 11.8 Å². The molecule has 1 N–H and O–H groups in total. The monoisotopic (exact) mass is 255 g/mol. The number of amides is 2. The van der Waals surface area contributed by atoms with Crippen LogP contribution >= 0.6 is 0 Å². The first-order chi connectivity index (χ1) is 8.61. The summed E-state index contributed by atoms with van der Waals surface area (Å²) in [6, 6.07) is -0.231. The molecule has 1 heterocycles. The number of hydrogen-bond donors (Lipinski definition) is 1. The van der Waals surface area contributed by atoms with Gasteiger partial charge < -0.3 is 15.1 Å². The van der Waals surface area contributed by atoms with Crippen LogP contribution in [0, 0.1) is 0 Å². The molecule has 0 radical (unpaired) electrons. The predicted octanol–water partition coefficient (Wildman–Crippen LogP) is 0.455. The molecule has 104 valence electrons. The Bertz CT molecular complexity index is 294. The van der Waals surface area contributed by atoms with Gasteiger partial charge in [-0.2, -0.15) is 0 Å². The van der Waals surface area contributed by atoms with Gasteiger partial charge in [0.1, 0.15) is 6.04 Å². The minimum absolute atomic E-state index is 0.0761. The van der Waals surface area contributed by atoms with Crippen molar-refractivity contribution in [2.24, 2.45) is 0 Å². The van der Waals surface area contributed by atoms with E-state index in [0.717, 1.165) is 32.4 Å². The van der Waals surface area contributed by atoms with Crippen molar-refractivity contribution in [1.82, 2.24) is 15.1 Å². The molecule has 1 saturated heterocycles. The Balaban J connectivity index is 2.57. The zero-order valence-corrected chi connectivity index (χ0v) is 11.7. The molecule has 1 aliphatic heterocycles. The second-order valence-electron chi connectivity index (χ2n) is 4.86. The molecule has 0 spiro atoms. The van der Waals surface area contributed by atoms with E-state index in [4.69, 9.17) is 0 Å². The van der Waals surface area contributed by atoms with E-state index in [9.17, 15) is 9.59 Å². The number of likely N-dealkylation sites (tertiary alicyclic amines) is 1. The van der Waals surface area contributed by atoms with Crippen LogP contribution in [0.1, 0.15) is 32.6 Å². The third-order valence-corrected chi connectivity index (χ3v) is 3.40. The van der Waals surface area contributed by atoms with Crippen LogP contribution in [0.3, 0.4) is 0 Å². The highest BCUT2D eigenvalue weighted by Crippen LogP contribution is 2.20. The third-order valence-electron chi connectivity index (χ3n) is 3.40. The summed E-state index contributed by atoms with van der Waals surface area (Å²) in [6.45, 7) is 4.18. The molecule has 5 heteroatoms. The number of nitrogens with one attached hydrogen (secondary N) is 1. The number of carbonyl (C=O) groups excluding carboxylic acids is 2. The largest absolute Gasteiger partial charge is 0.343 e. The van der Waals surface area contributed by atoms with Gasteiger partial charge in [-0.05, 0) is 26.3 Å². The summed E-state index contributed by atoms with van der Waals surface area (Å²) in [5.41, 5.74) is 0. The number of hydrogen-bond acceptors (Lipinski definition) is 3. The maximum Gasteiger partial charge on any atom is 0.245 e. The maximum atomic E-state index is 12.3. The van der Waals surface area contributed by atoms with Gasteiger partial charge in [-0.3, -0.25) is 9.59 Å². The molecule has 0 aromatic rings. The van der Waals surface area contributed by atoms with Gasteiger partial charge in [-0.1, -0.05) is 6.92 Å². The molecule has 2 amide bonds. The summed E-state index contributed by atoms with van der Waals surface area (Å²) < 4.78 is 0. The fraction of sp³-hybridized carbons (Fsp3) is 0.846. The van der Waals surface area contributed by atoms with Gasteiger partial charge in [0.15, 0.2) is 0 Å². The van der Waals surface area contributed by atoms with Crippen LogP contribution in [0.15, 0.2) is 0 Å². The number of carbonyl (C=O) groups is 2. The Morgan fingerprint density at radius 2 is 2.17 bits per heavy atom. The lowest BCUT2D eigenvalue weighted by atomic mass is 10.2. The third kappa shape index (κ3) is 3.70. The Labute approximate surface area is 110 Å². The average Bonchev–Trinajstić information content (AvgIpc) is 2.84. The summed E-state index contributed by atoms with van der Waals surface area (Å²) in [5, 5.41) is 3.02. The summed E-state index contributed by atoms with van der Waals surface area (Å²) >= 11 is 0. The summed E-state index contributed by atoms with van der Waals surface area (Å²) in [7, 11) is 3.67. The van der Waals surface area contributed by atoms with Crippen molar-refractivity contribution in [2.75, 3.05) is 33.7 Å². The smallest absolute Gasteiger partial charge is 0.245 e. The van der Waals surface area contributed by atoms with E-state index in [1.54, 1.807) is 16.8 Å². The van der Waals surface area contributed by atoms with Crippen molar-refractivity contribution in [3.63, 3.8) is 0 Å². The van der Waals surface area contributed by atoms with Crippen LogP contribution in [-0.4, -0.2) is 61.4 Å². The van der Waals surface area contributed by atoms with Gasteiger partial charge in [0.2, 0.25) is 11.8 Å². The van der Waals surface area contributed by atoms with Crippen molar-refractivity contribution < 1.29 is 9.59 Å². The van der Waals surface area contributed by atoms with Crippen LogP contribution in [0.5, 0.6) is 0 Å². The molecule has 0 aromatic carbocycles. The Kier molecular flexibility index (Phi) is 6.12. The van der Waals surface area contributed by atoms with E-state index in [0.29, 0.717) is 13.0 Å². The molecule has 1 fully saturated rings. The number of nitrogens with zero attached hydrogens (tertiary/aromatic N) is 2. The lowest BCUT2D eigenvalue weighted by Gasteiger charge is -2.28. The summed E-state index contributed by atoms with van der Waals surface area (Å²) in [5.74, 6) is 0.197. The highest BCUT2D eigenvalue weighted by Gasteiger charge is 2.34. The summed E-state index contributed by atoms with van der Waals surface area (Å²) in [6.07, 6.45) is 3.12. The molecule has 0 bridgehead atoms. The molecule has 0 aliphatic carbocycles. The number of likely N-dealkylation sites (N-methyl/N-ethyl adjacent to an activating group) is 2. The normalized spacial score (nSPS) is 19.1. The van der Waals surface area contributed by atoms with Crippen molar-refractivity contribution in [3.8, 4) is 0 Å². The molecular formula is C13H25N3O2. The zero-order chi connectivity index (χ0) is 13.5. The standard InChI is InChI=1S/C13H25N3O2/c1-4-6-12(17)16-9-5-7-11(16)13(18)15(3)10-8-14-2/h11,14H,4-10H2,1-3H3. The first-order valence-electron chi connectivity index (χ1n) is 6.80. The Morgan fingerprint density at radius 3 is 2.78 bits per heavy atom. The summed E-state index contributed by atoms with van der Waals surface area (Å²) in [4.78, 5) is 27.7. The first-order valence-corrected chi connectivity index (χ1v) is 6.80. The molecule has 5 nitrogen and oxygen atoms in total. The predicted molar refractivity (Wildman–Crippen MR) is 71.2 cm³/mol. The molecule has 1 aliphatic rings. The lowest BCUT2D eigenvalue weighted by Crippen LogP contribution is -2.47. The minimum Gasteiger partial charge on any atom is -0.343 e. The highest BCUT2D eigenvalue weighted by molar-refractivity contribution is 5.88. The van der Waals surface area contributed by atoms with Crippen LogP contribution in [-0.2, 0) is 9.59 Å². The van der Waals surface area contributed by atoms with E-state index < -0.39 is 0 Å². The van der Waals surface area contributed by atoms with E-state index in [-0.39, 0.29) is 17.9 Å². The number of rotatable bonds is 6.